The molecule has 3 amide bonds. The maximum atomic E-state index is 13.2. The van der Waals surface area contributed by atoms with Gasteiger partial charge in [-0.25, -0.2) is 22.8 Å². The minimum atomic E-state index is -1.43. The van der Waals surface area contributed by atoms with Crippen LogP contribution in [0, 0.1) is 17.5 Å². The van der Waals surface area contributed by atoms with Gasteiger partial charge in [0.05, 0.1) is 5.69 Å². The number of carbonyl (C=O) groups excluding carboxylic acids is 2. The molecule has 0 spiro atoms. The fraction of sp³-hybridized carbons (Fsp3) is 0.182. The minimum Gasteiger partial charge on any atom is -0.480 e. The van der Waals surface area contributed by atoms with Crippen molar-refractivity contribution in [2.45, 2.75) is 0 Å². The van der Waals surface area contributed by atoms with Crippen molar-refractivity contribution in [1.82, 2.24) is 5.32 Å². The summed E-state index contributed by atoms with van der Waals surface area (Å²) < 4.78 is 43.1. The van der Waals surface area contributed by atoms with Gasteiger partial charge >= 0.3 is 12.0 Å². The summed E-state index contributed by atoms with van der Waals surface area (Å²) in [6.07, 6.45) is 0. The highest BCUT2D eigenvalue weighted by Crippen LogP contribution is 2.18. The smallest absolute Gasteiger partial charge is 0.329 e. The predicted octanol–water partition coefficient (Wildman–Crippen LogP) is 0.853. The number of rotatable bonds is 5. The molecule has 10 heteroatoms. The molecule has 21 heavy (non-hydrogen) atoms. The molecule has 0 aromatic heterocycles. The van der Waals surface area contributed by atoms with Crippen molar-refractivity contribution in [3.05, 3.63) is 29.6 Å². The first-order chi connectivity index (χ1) is 9.79. The van der Waals surface area contributed by atoms with Crippen LogP contribution in [0.5, 0.6) is 0 Å². The molecule has 0 radical (unpaired) electrons. The van der Waals surface area contributed by atoms with Crippen molar-refractivity contribution in [1.29, 1.82) is 0 Å². The van der Waals surface area contributed by atoms with Crippen LogP contribution in [0.1, 0.15) is 0 Å². The van der Waals surface area contributed by atoms with E-state index in [1.54, 1.807) is 10.6 Å². The van der Waals surface area contributed by atoms with Gasteiger partial charge in [-0.2, -0.15) is 0 Å². The number of benzene rings is 1. The van der Waals surface area contributed by atoms with E-state index in [4.69, 9.17) is 5.11 Å². The highest BCUT2D eigenvalue weighted by molar-refractivity contribution is 6.01. The summed E-state index contributed by atoms with van der Waals surface area (Å²) in [5.41, 5.74) is -0.675. The Labute approximate surface area is 115 Å². The fourth-order valence-electron chi connectivity index (χ4n) is 1.17. The van der Waals surface area contributed by atoms with Crippen LogP contribution in [0.2, 0.25) is 0 Å². The first-order valence-electron chi connectivity index (χ1n) is 5.34. The SMILES string of the molecule is O=C(O)COCC(=O)NC(=O)Nc1cc(F)c(F)cc1F. The third kappa shape index (κ3) is 5.48. The van der Waals surface area contributed by atoms with Gasteiger partial charge in [-0.1, -0.05) is 0 Å². The van der Waals surface area contributed by atoms with Crippen molar-refractivity contribution in [3.63, 3.8) is 0 Å². The molecule has 0 heterocycles. The van der Waals surface area contributed by atoms with Crippen LogP contribution in [-0.4, -0.2) is 36.2 Å². The number of hydrogen-bond donors (Lipinski definition) is 3. The van der Waals surface area contributed by atoms with Gasteiger partial charge in [0.1, 0.15) is 19.0 Å². The Morgan fingerprint density at radius 3 is 2.29 bits per heavy atom. The Kier molecular flexibility index (Phi) is 5.67. The normalized spacial score (nSPS) is 10.0. The number of urea groups is 1. The van der Waals surface area contributed by atoms with Crippen molar-refractivity contribution in [2.24, 2.45) is 0 Å². The molecule has 0 atom stereocenters. The van der Waals surface area contributed by atoms with Crippen LogP contribution < -0.4 is 10.6 Å². The lowest BCUT2D eigenvalue weighted by atomic mass is 10.3. The molecular formula is C11H9F3N2O5. The van der Waals surface area contributed by atoms with Gasteiger partial charge in [0, 0.05) is 12.1 Å². The van der Waals surface area contributed by atoms with Crippen LogP contribution in [-0.2, 0) is 14.3 Å². The number of ether oxygens (including phenoxy) is 1. The third-order valence-electron chi connectivity index (χ3n) is 1.97. The number of anilines is 1. The van der Waals surface area contributed by atoms with E-state index < -0.39 is 54.3 Å². The Bertz CT molecular complexity index is 579. The number of carbonyl (C=O) groups is 3. The van der Waals surface area contributed by atoms with Crippen LogP contribution >= 0.6 is 0 Å². The van der Waals surface area contributed by atoms with Crippen molar-refractivity contribution in [2.75, 3.05) is 18.5 Å². The number of carboxylic acids is 1. The van der Waals surface area contributed by atoms with E-state index in [0.29, 0.717) is 6.07 Å². The van der Waals surface area contributed by atoms with E-state index >= 15 is 0 Å². The van der Waals surface area contributed by atoms with Gasteiger partial charge < -0.3 is 15.2 Å². The molecule has 0 saturated carbocycles. The monoisotopic (exact) mass is 306 g/mol. The lowest BCUT2D eigenvalue weighted by Crippen LogP contribution is -2.37. The van der Waals surface area contributed by atoms with Crippen LogP contribution in [0.4, 0.5) is 23.7 Å². The second kappa shape index (κ2) is 7.24. The van der Waals surface area contributed by atoms with E-state index in [1.807, 2.05) is 0 Å². The zero-order valence-electron chi connectivity index (χ0n) is 10.3. The van der Waals surface area contributed by atoms with Gasteiger partial charge in [-0.15, -0.1) is 0 Å². The lowest BCUT2D eigenvalue weighted by Gasteiger charge is -2.08. The number of halogens is 3. The summed E-state index contributed by atoms with van der Waals surface area (Å²) in [5, 5.41) is 11.7. The standard InChI is InChI=1S/C11H9F3N2O5/c12-5-1-7(14)8(2-6(5)13)15-11(20)16-9(17)3-21-4-10(18)19/h1-2H,3-4H2,(H,18,19)(H2,15,16,17,20). The molecule has 0 aliphatic carbocycles. The average Bonchev–Trinajstić information content (AvgIpc) is 2.35. The van der Waals surface area contributed by atoms with E-state index in [-0.39, 0.29) is 6.07 Å². The first kappa shape index (κ1) is 16.4. The summed E-state index contributed by atoms with van der Waals surface area (Å²) in [5.74, 6) is -6.37. The highest BCUT2D eigenvalue weighted by atomic mass is 19.2. The largest absolute Gasteiger partial charge is 0.480 e. The second-order valence-corrected chi connectivity index (χ2v) is 3.64. The lowest BCUT2D eigenvalue weighted by molar-refractivity contribution is -0.143. The van der Waals surface area contributed by atoms with E-state index in [1.165, 1.54) is 0 Å². The number of nitrogens with one attached hydrogen (secondary N) is 2. The van der Waals surface area contributed by atoms with E-state index in [2.05, 4.69) is 4.74 Å². The molecule has 3 N–H and O–H groups in total. The van der Waals surface area contributed by atoms with Gasteiger partial charge in [0.2, 0.25) is 0 Å². The molecule has 0 fully saturated rings. The van der Waals surface area contributed by atoms with Crippen molar-refractivity contribution < 1.29 is 37.4 Å². The van der Waals surface area contributed by atoms with Crippen molar-refractivity contribution in [3.8, 4) is 0 Å². The Balaban J connectivity index is 2.52. The summed E-state index contributed by atoms with van der Waals surface area (Å²) in [6, 6.07) is -0.595. The number of amides is 3. The molecule has 114 valence electrons. The predicted molar refractivity (Wildman–Crippen MR) is 61.9 cm³/mol. The summed E-state index contributed by atoms with van der Waals surface area (Å²) >= 11 is 0. The number of carboxylic acid groups (broad SMARTS) is 1. The van der Waals surface area contributed by atoms with Gasteiger partial charge in [-0.3, -0.25) is 10.1 Å². The molecule has 1 aromatic carbocycles. The molecule has 1 aromatic rings. The molecule has 1 rings (SSSR count). The fourth-order valence-corrected chi connectivity index (χ4v) is 1.17. The number of hydrogen-bond acceptors (Lipinski definition) is 4. The van der Waals surface area contributed by atoms with Gasteiger partial charge in [0.25, 0.3) is 5.91 Å². The molecule has 0 unspecified atom stereocenters. The summed E-state index contributed by atoms with van der Waals surface area (Å²) in [7, 11) is 0. The average molecular weight is 306 g/mol. The molecule has 0 aliphatic rings. The quantitative estimate of drug-likeness (QED) is 0.700. The first-order valence-corrected chi connectivity index (χ1v) is 5.34. The van der Waals surface area contributed by atoms with Crippen molar-refractivity contribution >= 4 is 23.6 Å². The van der Waals surface area contributed by atoms with Crippen LogP contribution in [0.15, 0.2) is 12.1 Å². The molecule has 0 saturated heterocycles. The number of aliphatic carboxylic acids is 1. The minimum absolute atomic E-state index is 0.225. The highest BCUT2D eigenvalue weighted by Gasteiger charge is 2.14. The van der Waals surface area contributed by atoms with Gasteiger partial charge in [-0.05, 0) is 0 Å². The van der Waals surface area contributed by atoms with Crippen LogP contribution in [0.3, 0.4) is 0 Å². The topological polar surface area (TPSA) is 105 Å². The zero-order valence-corrected chi connectivity index (χ0v) is 10.3. The summed E-state index contributed by atoms with van der Waals surface area (Å²) in [4.78, 5) is 32.5. The van der Waals surface area contributed by atoms with Crippen LogP contribution in [0.25, 0.3) is 0 Å². The Morgan fingerprint density at radius 2 is 1.67 bits per heavy atom. The Morgan fingerprint density at radius 1 is 1.05 bits per heavy atom. The molecule has 0 bridgehead atoms. The van der Waals surface area contributed by atoms with E-state index in [0.717, 1.165) is 0 Å². The number of imide groups is 1. The zero-order chi connectivity index (χ0) is 16.0. The molecule has 7 nitrogen and oxygen atoms in total. The second-order valence-electron chi connectivity index (χ2n) is 3.64. The van der Waals surface area contributed by atoms with E-state index in [9.17, 15) is 27.6 Å². The third-order valence-corrected chi connectivity index (χ3v) is 1.97. The molecular weight excluding hydrogens is 297 g/mol. The summed E-state index contributed by atoms with van der Waals surface area (Å²) in [6.45, 7) is -1.47. The van der Waals surface area contributed by atoms with Gasteiger partial charge in [0.15, 0.2) is 11.6 Å². The Hall–Kier alpha value is -2.62. The maximum absolute atomic E-state index is 13.2. The molecule has 0 aliphatic heterocycles. The maximum Gasteiger partial charge on any atom is 0.329 e.